The van der Waals surface area contributed by atoms with Crippen molar-refractivity contribution in [3.8, 4) is 11.5 Å². The maximum Gasteiger partial charge on any atom is 0.262 e. The second-order valence-electron chi connectivity index (χ2n) is 7.12. The summed E-state index contributed by atoms with van der Waals surface area (Å²) in [6, 6.07) is 17.2. The van der Waals surface area contributed by atoms with Gasteiger partial charge in [0, 0.05) is 12.1 Å². The molecule has 0 aliphatic heterocycles. The minimum Gasteiger partial charge on any atom is -0.334 e. The van der Waals surface area contributed by atoms with E-state index in [2.05, 4.69) is 27.3 Å². The number of aryl methyl sites for hydroxylation is 1. The molecule has 156 valence electrons. The van der Waals surface area contributed by atoms with Gasteiger partial charge in [0.15, 0.2) is 11.0 Å². The quantitative estimate of drug-likeness (QED) is 0.356. The van der Waals surface area contributed by atoms with Gasteiger partial charge >= 0.3 is 0 Å². The zero-order valence-corrected chi connectivity index (χ0v) is 17.7. The van der Waals surface area contributed by atoms with Gasteiger partial charge in [-0.15, -0.1) is 10.2 Å². The SMILES string of the molecule is CCCCn1c(=O)c2ccccc2n2c(SCc3noc(-c4ccccc4)n3)nnc12. The summed E-state index contributed by atoms with van der Waals surface area (Å²) in [6.45, 7) is 2.71. The lowest BCUT2D eigenvalue weighted by atomic mass is 10.2. The lowest BCUT2D eigenvalue weighted by Gasteiger charge is -2.10. The molecular weight excluding hydrogens is 412 g/mol. The van der Waals surface area contributed by atoms with E-state index in [1.807, 2.05) is 59.0 Å². The lowest BCUT2D eigenvalue weighted by Crippen LogP contribution is -2.23. The van der Waals surface area contributed by atoms with E-state index in [9.17, 15) is 4.79 Å². The first-order valence-corrected chi connectivity index (χ1v) is 11.1. The van der Waals surface area contributed by atoms with E-state index in [0.717, 1.165) is 23.9 Å². The van der Waals surface area contributed by atoms with Gasteiger partial charge in [-0.1, -0.05) is 60.6 Å². The highest BCUT2D eigenvalue weighted by atomic mass is 32.2. The predicted molar refractivity (Wildman–Crippen MR) is 119 cm³/mol. The molecule has 0 unspecified atom stereocenters. The molecule has 2 aromatic carbocycles. The fourth-order valence-electron chi connectivity index (χ4n) is 3.48. The summed E-state index contributed by atoms with van der Waals surface area (Å²) in [6.07, 6.45) is 1.89. The van der Waals surface area contributed by atoms with Gasteiger partial charge in [-0.25, -0.2) is 0 Å². The molecule has 0 aliphatic carbocycles. The van der Waals surface area contributed by atoms with Crippen LogP contribution < -0.4 is 5.56 Å². The number of nitrogens with zero attached hydrogens (tertiary/aromatic N) is 6. The first-order chi connectivity index (χ1) is 15.3. The molecule has 0 amide bonds. The van der Waals surface area contributed by atoms with E-state index in [1.54, 1.807) is 4.57 Å². The third-order valence-corrected chi connectivity index (χ3v) is 5.96. The minimum atomic E-state index is -0.0360. The number of hydrogen-bond acceptors (Lipinski definition) is 7. The molecule has 3 heterocycles. The highest BCUT2D eigenvalue weighted by Gasteiger charge is 2.17. The number of aromatic nitrogens is 6. The van der Waals surface area contributed by atoms with Crippen LogP contribution in [0.3, 0.4) is 0 Å². The summed E-state index contributed by atoms with van der Waals surface area (Å²) in [7, 11) is 0. The Morgan fingerprint density at radius 2 is 1.84 bits per heavy atom. The zero-order valence-electron chi connectivity index (χ0n) is 16.9. The second kappa shape index (κ2) is 8.35. The summed E-state index contributed by atoms with van der Waals surface area (Å²) in [5, 5.41) is 14.1. The fraction of sp³-hybridized carbons (Fsp3) is 0.227. The van der Waals surface area contributed by atoms with Gasteiger partial charge in [0.2, 0.25) is 5.78 Å². The maximum absolute atomic E-state index is 13.0. The summed E-state index contributed by atoms with van der Waals surface area (Å²) in [4.78, 5) is 17.5. The Labute approximate surface area is 181 Å². The van der Waals surface area contributed by atoms with Crippen molar-refractivity contribution in [2.24, 2.45) is 0 Å². The third kappa shape index (κ3) is 3.61. The molecule has 3 aromatic heterocycles. The molecular formula is C22H20N6O2S. The fourth-order valence-corrected chi connectivity index (χ4v) is 4.27. The van der Waals surface area contributed by atoms with Crippen LogP contribution in [0, 0.1) is 0 Å². The van der Waals surface area contributed by atoms with Crippen molar-refractivity contribution in [1.82, 2.24) is 29.3 Å². The van der Waals surface area contributed by atoms with Crippen LogP contribution in [-0.4, -0.2) is 29.3 Å². The van der Waals surface area contributed by atoms with Crippen molar-refractivity contribution in [3.05, 3.63) is 70.8 Å². The zero-order chi connectivity index (χ0) is 21.2. The number of rotatable bonds is 7. The molecule has 0 radical (unpaired) electrons. The van der Waals surface area contributed by atoms with Crippen LogP contribution in [0.4, 0.5) is 0 Å². The normalized spacial score (nSPS) is 11.5. The van der Waals surface area contributed by atoms with Gasteiger partial charge in [0.25, 0.3) is 11.4 Å². The Hall–Kier alpha value is -3.46. The predicted octanol–water partition coefficient (Wildman–Crippen LogP) is 4.19. The van der Waals surface area contributed by atoms with Crippen molar-refractivity contribution >= 4 is 28.4 Å². The minimum absolute atomic E-state index is 0.0360. The monoisotopic (exact) mass is 432 g/mol. The van der Waals surface area contributed by atoms with Gasteiger partial charge in [0.1, 0.15) is 0 Å². The van der Waals surface area contributed by atoms with Crippen LogP contribution in [-0.2, 0) is 12.3 Å². The van der Waals surface area contributed by atoms with Crippen LogP contribution in [0.5, 0.6) is 0 Å². The van der Waals surface area contributed by atoms with Gasteiger partial charge < -0.3 is 4.52 Å². The van der Waals surface area contributed by atoms with Gasteiger partial charge in [-0.05, 0) is 30.7 Å². The number of para-hydroxylation sites is 1. The van der Waals surface area contributed by atoms with E-state index < -0.39 is 0 Å². The molecule has 0 N–H and O–H groups in total. The van der Waals surface area contributed by atoms with Crippen molar-refractivity contribution < 1.29 is 4.52 Å². The Bertz CT molecular complexity index is 1410. The van der Waals surface area contributed by atoms with Crippen LogP contribution in [0.1, 0.15) is 25.6 Å². The van der Waals surface area contributed by atoms with Crippen LogP contribution >= 0.6 is 11.8 Å². The van der Waals surface area contributed by atoms with Crippen molar-refractivity contribution in [2.45, 2.75) is 37.2 Å². The first kappa shape index (κ1) is 19.5. The average molecular weight is 433 g/mol. The number of fused-ring (bicyclic) bond motifs is 3. The highest BCUT2D eigenvalue weighted by Crippen LogP contribution is 2.25. The van der Waals surface area contributed by atoms with Crippen molar-refractivity contribution in [2.75, 3.05) is 0 Å². The molecule has 8 nitrogen and oxygen atoms in total. The first-order valence-electron chi connectivity index (χ1n) is 10.1. The molecule has 0 spiro atoms. The standard InChI is InChI=1S/C22H20N6O2S/c1-2-3-13-27-20(29)16-11-7-8-12-17(16)28-21(27)24-25-22(28)31-14-18-23-19(30-26-18)15-9-5-4-6-10-15/h4-12H,2-3,13-14H2,1H3. The van der Waals surface area contributed by atoms with Crippen LogP contribution in [0.25, 0.3) is 28.1 Å². The number of benzene rings is 2. The molecule has 0 saturated carbocycles. The second-order valence-corrected chi connectivity index (χ2v) is 8.06. The van der Waals surface area contributed by atoms with Crippen LogP contribution in [0.15, 0.2) is 69.1 Å². The van der Waals surface area contributed by atoms with Gasteiger partial charge in [-0.2, -0.15) is 4.98 Å². The van der Waals surface area contributed by atoms with E-state index >= 15 is 0 Å². The van der Waals surface area contributed by atoms with Gasteiger partial charge in [0.05, 0.1) is 16.7 Å². The Morgan fingerprint density at radius 3 is 2.68 bits per heavy atom. The molecule has 0 fully saturated rings. The number of unbranched alkanes of at least 4 members (excludes halogenated alkanes) is 1. The Kier molecular flexibility index (Phi) is 5.25. The van der Waals surface area contributed by atoms with E-state index in [-0.39, 0.29) is 5.56 Å². The smallest absolute Gasteiger partial charge is 0.262 e. The van der Waals surface area contributed by atoms with E-state index in [1.165, 1.54) is 11.8 Å². The third-order valence-electron chi connectivity index (χ3n) is 5.03. The van der Waals surface area contributed by atoms with Crippen LogP contribution in [0.2, 0.25) is 0 Å². The number of hydrogen-bond donors (Lipinski definition) is 0. The molecule has 5 rings (SSSR count). The molecule has 0 atom stereocenters. The van der Waals surface area contributed by atoms with Crippen molar-refractivity contribution in [3.63, 3.8) is 0 Å². The van der Waals surface area contributed by atoms with E-state index in [4.69, 9.17) is 4.52 Å². The molecule has 5 aromatic rings. The molecule has 0 aliphatic rings. The summed E-state index contributed by atoms with van der Waals surface area (Å²) < 4.78 is 9.05. The molecule has 0 bridgehead atoms. The summed E-state index contributed by atoms with van der Waals surface area (Å²) in [5.74, 6) is 2.09. The molecule has 0 saturated heterocycles. The van der Waals surface area contributed by atoms with Crippen molar-refractivity contribution in [1.29, 1.82) is 0 Å². The number of thioether (sulfide) groups is 1. The topological polar surface area (TPSA) is 91.1 Å². The Balaban J connectivity index is 1.50. The maximum atomic E-state index is 13.0. The van der Waals surface area contributed by atoms with Gasteiger partial charge in [-0.3, -0.25) is 13.8 Å². The highest BCUT2D eigenvalue weighted by molar-refractivity contribution is 7.98. The summed E-state index contributed by atoms with van der Waals surface area (Å²) in [5.41, 5.74) is 1.64. The average Bonchev–Trinajstić information content (AvgIpc) is 3.46. The lowest BCUT2D eigenvalue weighted by molar-refractivity contribution is 0.425. The molecule has 9 heteroatoms. The molecule has 31 heavy (non-hydrogen) atoms. The Morgan fingerprint density at radius 1 is 1.03 bits per heavy atom. The van der Waals surface area contributed by atoms with E-state index in [0.29, 0.717) is 40.3 Å². The largest absolute Gasteiger partial charge is 0.334 e. The summed E-state index contributed by atoms with van der Waals surface area (Å²) >= 11 is 1.46.